The van der Waals surface area contributed by atoms with Crippen LogP contribution in [0.4, 0.5) is 0 Å². The molecule has 1 aromatic heterocycles. The number of likely N-dealkylation sites (tertiary alicyclic amines) is 1. The van der Waals surface area contributed by atoms with Gasteiger partial charge in [-0.1, -0.05) is 30.7 Å². The van der Waals surface area contributed by atoms with Gasteiger partial charge in [-0.2, -0.15) is 0 Å². The summed E-state index contributed by atoms with van der Waals surface area (Å²) in [6.07, 6.45) is 6.78. The fraction of sp³-hybridized carbons (Fsp3) is 0.500. The van der Waals surface area contributed by atoms with Gasteiger partial charge in [0, 0.05) is 44.2 Å². The second-order valence-electron chi connectivity index (χ2n) is 7.16. The molecular formula is C22H32IN5O. The zero-order valence-corrected chi connectivity index (χ0v) is 19.5. The fourth-order valence-electron chi connectivity index (χ4n) is 3.55. The van der Waals surface area contributed by atoms with Gasteiger partial charge >= 0.3 is 0 Å². The number of halogens is 1. The summed E-state index contributed by atoms with van der Waals surface area (Å²) in [7, 11) is 0. The van der Waals surface area contributed by atoms with Crippen LogP contribution in [-0.4, -0.2) is 47.9 Å². The minimum atomic E-state index is 0. The molecule has 0 unspecified atom stereocenters. The Morgan fingerprint density at radius 1 is 1.17 bits per heavy atom. The number of aromatic nitrogens is 1. The van der Waals surface area contributed by atoms with Gasteiger partial charge in [-0.3, -0.25) is 9.78 Å². The minimum Gasteiger partial charge on any atom is -0.357 e. The van der Waals surface area contributed by atoms with E-state index in [1.54, 1.807) is 0 Å². The van der Waals surface area contributed by atoms with E-state index in [0.29, 0.717) is 18.9 Å². The van der Waals surface area contributed by atoms with Crippen LogP contribution in [0.2, 0.25) is 0 Å². The molecule has 1 fully saturated rings. The number of carbonyl (C=O) groups excluding carboxylic acids is 1. The number of nitrogens with zero attached hydrogens (tertiary/aromatic N) is 3. The van der Waals surface area contributed by atoms with E-state index in [9.17, 15) is 4.79 Å². The van der Waals surface area contributed by atoms with Crippen LogP contribution in [-0.2, 0) is 11.3 Å². The number of guanidine groups is 1. The van der Waals surface area contributed by atoms with E-state index in [1.807, 2.05) is 23.2 Å². The molecule has 1 aliphatic heterocycles. The Kier molecular flexibility index (Phi) is 10.2. The first-order valence-electron chi connectivity index (χ1n) is 10.4. The first kappa shape index (κ1) is 23.4. The number of nitrogens with one attached hydrogen (secondary N) is 2. The SMILES string of the molecule is CCNC(=NCc1cccc2cccnc12)NCCCN1CCCCCC1=O.I. The van der Waals surface area contributed by atoms with Crippen LogP contribution in [0.3, 0.4) is 0 Å². The molecule has 0 atom stereocenters. The predicted octanol–water partition coefficient (Wildman–Crippen LogP) is 3.70. The normalized spacial score (nSPS) is 15.0. The highest BCUT2D eigenvalue weighted by Crippen LogP contribution is 2.16. The highest BCUT2D eigenvalue weighted by molar-refractivity contribution is 14.0. The molecule has 3 rings (SSSR count). The summed E-state index contributed by atoms with van der Waals surface area (Å²) in [6.45, 7) is 5.97. The van der Waals surface area contributed by atoms with Crippen molar-refractivity contribution < 1.29 is 4.79 Å². The summed E-state index contributed by atoms with van der Waals surface area (Å²) in [4.78, 5) is 23.3. The fourth-order valence-corrected chi connectivity index (χ4v) is 3.55. The van der Waals surface area contributed by atoms with Crippen molar-refractivity contribution in [2.24, 2.45) is 4.99 Å². The maximum Gasteiger partial charge on any atom is 0.222 e. The lowest BCUT2D eigenvalue weighted by Crippen LogP contribution is -2.39. The molecule has 0 radical (unpaired) electrons. The Bertz CT molecular complexity index is 805. The molecule has 0 bridgehead atoms. The highest BCUT2D eigenvalue weighted by atomic mass is 127. The topological polar surface area (TPSA) is 69.6 Å². The molecule has 0 aliphatic carbocycles. The lowest BCUT2D eigenvalue weighted by atomic mass is 10.1. The number of aliphatic imine (C=N–C) groups is 1. The quantitative estimate of drug-likeness (QED) is 0.259. The second kappa shape index (κ2) is 12.6. The Morgan fingerprint density at radius 3 is 2.90 bits per heavy atom. The lowest BCUT2D eigenvalue weighted by Gasteiger charge is -2.20. The number of hydrogen-bond donors (Lipinski definition) is 2. The standard InChI is InChI=1S/C22H31N5O.HI/c1-2-23-22(25-14-8-16-27-15-5-3-4-12-20(27)28)26-17-19-10-6-9-18-11-7-13-24-21(18)19;/h6-7,9-11,13H,2-5,8,12,14-17H2,1H3,(H2,23,25,26);1H. The first-order valence-corrected chi connectivity index (χ1v) is 10.4. The summed E-state index contributed by atoms with van der Waals surface area (Å²) >= 11 is 0. The van der Waals surface area contributed by atoms with E-state index in [1.165, 1.54) is 6.42 Å². The molecule has 6 nitrogen and oxygen atoms in total. The number of pyridine rings is 1. The summed E-state index contributed by atoms with van der Waals surface area (Å²) in [6, 6.07) is 10.2. The molecule has 1 saturated heterocycles. The molecule has 0 saturated carbocycles. The van der Waals surface area contributed by atoms with Crippen molar-refractivity contribution in [1.82, 2.24) is 20.5 Å². The maximum atomic E-state index is 12.1. The second-order valence-corrected chi connectivity index (χ2v) is 7.16. The Balaban J connectivity index is 0.00000300. The van der Waals surface area contributed by atoms with Gasteiger partial charge in [0.2, 0.25) is 5.91 Å². The van der Waals surface area contributed by atoms with Crippen LogP contribution in [0.1, 0.15) is 44.6 Å². The van der Waals surface area contributed by atoms with Crippen LogP contribution < -0.4 is 10.6 Å². The van der Waals surface area contributed by atoms with Gasteiger partial charge in [0.15, 0.2) is 5.96 Å². The smallest absolute Gasteiger partial charge is 0.222 e. The maximum absolute atomic E-state index is 12.1. The summed E-state index contributed by atoms with van der Waals surface area (Å²) < 4.78 is 0. The monoisotopic (exact) mass is 509 g/mol. The van der Waals surface area contributed by atoms with Gasteiger partial charge in [-0.25, -0.2) is 4.99 Å². The van der Waals surface area contributed by atoms with E-state index in [2.05, 4.69) is 40.7 Å². The molecule has 2 aromatic rings. The molecule has 2 N–H and O–H groups in total. The average Bonchev–Trinajstić information content (AvgIpc) is 2.93. The van der Waals surface area contributed by atoms with Gasteiger partial charge in [-0.05, 0) is 37.8 Å². The highest BCUT2D eigenvalue weighted by Gasteiger charge is 2.15. The van der Waals surface area contributed by atoms with Crippen molar-refractivity contribution in [2.75, 3.05) is 26.2 Å². The van der Waals surface area contributed by atoms with Crippen molar-refractivity contribution >= 4 is 46.7 Å². The summed E-state index contributed by atoms with van der Waals surface area (Å²) in [5, 5.41) is 7.82. The number of rotatable bonds is 7. The van der Waals surface area contributed by atoms with Gasteiger partial charge in [-0.15, -0.1) is 24.0 Å². The van der Waals surface area contributed by atoms with Crippen LogP contribution in [0.25, 0.3) is 10.9 Å². The van der Waals surface area contributed by atoms with Crippen molar-refractivity contribution in [3.05, 3.63) is 42.1 Å². The average molecular weight is 509 g/mol. The van der Waals surface area contributed by atoms with Crippen LogP contribution in [0, 0.1) is 0 Å². The Labute approximate surface area is 190 Å². The van der Waals surface area contributed by atoms with Crippen LogP contribution in [0.15, 0.2) is 41.5 Å². The molecule has 0 spiro atoms. The van der Waals surface area contributed by atoms with E-state index < -0.39 is 0 Å². The summed E-state index contributed by atoms with van der Waals surface area (Å²) in [5.74, 6) is 1.11. The first-order chi connectivity index (χ1) is 13.8. The number of carbonyl (C=O) groups is 1. The van der Waals surface area contributed by atoms with Crippen molar-refractivity contribution in [2.45, 2.75) is 45.6 Å². The van der Waals surface area contributed by atoms with E-state index in [0.717, 1.165) is 67.9 Å². The minimum absolute atomic E-state index is 0. The van der Waals surface area contributed by atoms with Crippen molar-refractivity contribution in [1.29, 1.82) is 0 Å². The molecule has 1 aliphatic rings. The number of benzene rings is 1. The summed E-state index contributed by atoms with van der Waals surface area (Å²) in [5.41, 5.74) is 2.12. The molecule has 2 heterocycles. The van der Waals surface area contributed by atoms with Gasteiger partial charge in [0.1, 0.15) is 0 Å². The van der Waals surface area contributed by atoms with Gasteiger partial charge in [0.25, 0.3) is 0 Å². The third kappa shape index (κ3) is 7.13. The zero-order valence-electron chi connectivity index (χ0n) is 17.2. The van der Waals surface area contributed by atoms with E-state index in [-0.39, 0.29) is 24.0 Å². The third-order valence-electron chi connectivity index (χ3n) is 5.04. The van der Waals surface area contributed by atoms with E-state index in [4.69, 9.17) is 4.99 Å². The molecule has 158 valence electrons. The Morgan fingerprint density at radius 2 is 2.03 bits per heavy atom. The van der Waals surface area contributed by atoms with Gasteiger partial charge < -0.3 is 15.5 Å². The number of fused-ring (bicyclic) bond motifs is 1. The zero-order chi connectivity index (χ0) is 19.6. The Hall–Kier alpha value is -1.90. The van der Waals surface area contributed by atoms with Crippen molar-refractivity contribution in [3.8, 4) is 0 Å². The molecule has 29 heavy (non-hydrogen) atoms. The van der Waals surface area contributed by atoms with E-state index >= 15 is 0 Å². The predicted molar refractivity (Wildman–Crippen MR) is 130 cm³/mol. The molecule has 1 amide bonds. The van der Waals surface area contributed by atoms with Crippen LogP contribution in [0.5, 0.6) is 0 Å². The third-order valence-corrected chi connectivity index (χ3v) is 5.04. The van der Waals surface area contributed by atoms with Gasteiger partial charge in [0.05, 0.1) is 12.1 Å². The largest absolute Gasteiger partial charge is 0.357 e. The van der Waals surface area contributed by atoms with Crippen molar-refractivity contribution in [3.63, 3.8) is 0 Å². The molecule has 7 heteroatoms. The number of amides is 1. The number of hydrogen-bond acceptors (Lipinski definition) is 3. The molecule has 1 aromatic carbocycles. The van der Waals surface area contributed by atoms with Crippen LogP contribution >= 0.6 is 24.0 Å². The number of para-hydroxylation sites is 1. The lowest BCUT2D eigenvalue weighted by molar-refractivity contribution is -0.130. The molecular weight excluding hydrogens is 477 g/mol.